The zero-order valence-electron chi connectivity index (χ0n) is 9.51. The number of aromatic nitrogens is 2. The van der Waals surface area contributed by atoms with Crippen LogP contribution in [0.2, 0.25) is 0 Å². The van der Waals surface area contributed by atoms with E-state index in [4.69, 9.17) is 5.26 Å². The smallest absolute Gasteiger partial charge is 0.126 e. The first kappa shape index (κ1) is 11.1. The molecule has 2 rings (SSSR count). The Bertz CT molecular complexity index is 523. The topological polar surface area (TPSA) is 61.6 Å². The van der Waals surface area contributed by atoms with Crippen LogP contribution in [0.15, 0.2) is 36.7 Å². The van der Waals surface area contributed by atoms with Gasteiger partial charge in [-0.05, 0) is 30.7 Å². The van der Waals surface area contributed by atoms with Crippen LogP contribution in [0, 0.1) is 18.3 Å². The van der Waals surface area contributed by atoms with Crippen molar-refractivity contribution >= 4 is 5.82 Å². The quantitative estimate of drug-likeness (QED) is 0.868. The van der Waals surface area contributed by atoms with E-state index in [1.54, 1.807) is 18.3 Å². The average molecular weight is 224 g/mol. The van der Waals surface area contributed by atoms with Gasteiger partial charge >= 0.3 is 0 Å². The lowest BCUT2D eigenvalue weighted by molar-refractivity contribution is 1.02. The molecule has 0 aliphatic rings. The van der Waals surface area contributed by atoms with Crippen LogP contribution < -0.4 is 5.32 Å². The number of rotatable bonds is 3. The molecule has 0 bridgehead atoms. The normalized spacial score (nSPS) is 9.65. The van der Waals surface area contributed by atoms with E-state index in [0.29, 0.717) is 12.1 Å². The molecule has 84 valence electrons. The number of hydrogen-bond donors (Lipinski definition) is 1. The molecule has 0 spiro atoms. The monoisotopic (exact) mass is 224 g/mol. The molecule has 0 saturated carbocycles. The van der Waals surface area contributed by atoms with Crippen LogP contribution in [0.25, 0.3) is 0 Å². The van der Waals surface area contributed by atoms with Gasteiger partial charge in [-0.1, -0.05) is 6.07 Å². The molecular weight excluding hydrogens is 212 g/mol. The highest BCUT2D eigenvalue weighted by atomic mass is 15.0. The van der Waals surface area contributed by atoms with Crippen molar-refractivity contribution in [3.05, 3.63) is 53.5 Å². The van der Waals surface area contributed by atoms with E-state index in [0.717, 1.165) is 17.1 Å². The zero-order chi connectivity index (χ0) is 12.1. The summed E-state index contributed by atoms with van der Waals surface area (Å²) in [6.07, 6.45) is 3.38. The minimum absolute atomic E-state index is 0.559. The van der Waals surface area contributed by atoms with E-state index >= 15 is 0 Å². The second kappa shape index (κ2) is 5.08. The molecule has 0 aliphatic carbocycles. The first-order chi connectivity index (χ1) is 8.28. The van der Waals surface area contributed by atoms with Gasteiger partial charge < -0.3 is 5.32 Å². The Kier molecular flexibility index (Phi) is 3.31. The van der Waals surface area contributed by atoms with Crippen molar-refractivity contribution in [1.82, 2.24) is 9.97 Å². The molecule has 2 aromatic heterocycles. The first-order valence-electron chi connectivity index (χ1n) is 5.29. The lowest BCUT2D eigenvalue weighted by Crippen LogP contribution is -2.02. The Morgan fingerprint density at radius 2 is 2.06 bits per heavy atom. The van der Waals surface area contributed by atoms with Crippen LogP contribution >= 0.6 is 0 Å². The molecule has 0 atom stereocenters. The zero-order valence-corrected chi connectivity index (χ0v) is 9.51. The van der Waals surface area contributed by atoms with E-state index in [2.05, 4.69) is 15.3 Å². The predicted molar refractivity (Wildman–Crippen MR) is 65.3 cm³/mol. The van der Waals surface area contributed by atoms with Gasteiger partial charge in [-0.25, -0.2) is 4.98 Å². The average Bonchev–Trinajstić information content (AvgIpc) is 2.39. The lowest BCUT2D eigenvalue weighted by Gasteiger charge is -2.04. The molecular formula is C13H12N4. The Morgan fingerprint density at radius 1 is 1.18 bits per heavy atom. The molecule has 0 amide bonds. The van der Waals surface area contributed by atoms with Crippen LogP contribution in [0.1, 0.15) is 16.8 Å². The van der Waals surface area contributed by atoms with Gasteiger partial charge in [0.25, 0.3) is 0 Å². The van der Waals surface area contributed by atoms with Gasteiger partial charge in [-0.2, -0.15) is 5.26 Å². The largest absolute Gasteiger partial charge is 0.364 e. The fourth-order valence-electron chi connectivity index (χ4n) is 1.35. The third kappa shape index (κ3) is 3.02. The Hall–Kier alpha value is -2.41. The Labute approximate surface area is 100.0 Å². The van der Waals surface area contributed by atoms with Gasteiger partial charge in [-0.15, -0.1) is 0 Å². The number of aryl methyl sites for hydroxylation is 1. The van der Waals surface area contributed by atoms with Crippen LogP contribution in [0.3, 0.4) is 0 Å². The number of anilines is 1. The molecule has 17 heavy (non-hydrogen) atoms. The molecule has 0 aliphatic heterocycles. The summed E-state index contributed by atoms with van der Waals surface area (Å²) in [6, 6.07) is 9.55. The molecule has 4 nitrogen and oxygen atoms in total. The fourth-order valence-corrected chi connectivity index (χ4v) is 1.35. The number of pyridine rings is 2. The van der Waals surface area contributed by atoms with Gasteiger partial charge in [0, 0.05) is 12.4 Å². The van der Waals surface area contributed by atoms with Gasteiger partial charge in [0.05, 0.1) is 17.8 Å². The predicted octanol–water partition coefficient (Wildman–Crippen LogP) is 2.27. The maximum Gasteiger partial charge on any atom is 0.126 e. The maximum absolute atomic E-state index is 8.64. The minimum Gasteiger partial charge on any atom is -0.364 e. The van der Waals surface area contributed by atoms with E-state index in [-0.39, 0.29) is 0 Å². The molecule has 4 heteroatoms. The molecule has 0 saturated heterocycles. The van der Waals surface area contributed by atoms with Crippen LogP contribution in [0.4, 0.5) is 5.82 Å². The Morgan fingerprint density at radius 3 is 2.65 bits per heavy atom. The third-order valence-electron chi connectivity index (χ3n) is 2.32. The van der Waals surface area contributed by atoms with Crippen molar-refractivity contribution in [3.8, 4) is 6.07 Å². The highest BCUT2D eigenvalue weighted by Crippen LogP contribution is 2.06. The second-order valence-electron chi connectivity index (χ2n) is 3.72. The molecule has 2 aromatic rings. The number of nitrogens with one attached hydrogen (secondary N) is 1. The van der Waals surface area contributed by atoms with Crippen LogP contribution in [0.5, 0.6) is 0 Å². The van der Waals surface area contributed by atoms with Crippen molar-refractivity contribution in [2.24, 2.45) is 0 Å². The molecule has 0 radical (unpaired) electrons. The minimum atomic E-state index is 0.559. The van der Waals surface area contributed by atoms with Gasteiger partial charge in [0.15, 0.2) is 0 Å². The summed E-state index contributed by atoms with van der Waals surface area (Å²) in [5.41, 5.74) is 2.66. The third-order valence-corrected chi connectivity index (χ3v) is 2.32. The van der Waals surface area contributed by atoms with Crippen molar-refractivity contribution < 1.29 is 0 Å². The van der Waals surface area contributed by atoms with Gasteiger partial charge in [0.2, 0.25) is 0 Å². The standard InChI is InChI=1S/C13H12N4/c1-10-2-4-12(15-7-10)9-17-13-5-3-11(6-14)8-16-13/h2-5,7-8H,9H2,1H3,(H,16,17). The van der Waals surface area contributed by atoms with Crippen molar-refractivity contribution in [2.45, 2.75) is 13.5 Å². The van der Waals surface area contributed by atoms with Crippen molar-refractivity contribution in [3.63, 3.8) is 0 Å². The van der Waals surface area contributed by atoms with Crippen molar-refractivity contribution in [1.29, 1.82) is 5.26 Å². The summed E-state index contributed by atoms with van der Waals surface area (Å²) in [5.74, 6) is 0.742. The molecule has 1 N–H and O–H groups in total. The highest BCUT2D eigenvalue weighted by Gasteiger charge is 1.97. The first-order valence-corrected chi connectivity index (χ1v) is 5.29. The molecule has 0 aromatic carbocycles. The maximum atomic E-state index is 8.64. The van der Waals surface area contributed by atoms with Crippen LogP contribution in [-0.2, 0) is 6.54 Å². The Balaban J connectivity index is 1.98. The summed E-state index contributed by atoms with van der Waals surface area (Å²) in [4.78, 5) is 8.41. The summed E-state index contributed by atoms with van der Waals surface area (Å²) in [5, 5.41) is 11.8. The molecule has 2 heterocycles. The number of nitrogens with zero attached hydrogens (tertiary/aromatic N) is 3. The summed E-state index contributed by atoms with van der Waals surface area (Å²) < 4.78 is 0. The van der Waals surface area contributed by atoms with E-state index in [9.17, 15) is 0 Å². The number of hydrogen-bond acceptors (Lipinski definition) is 4. The van der Waals surface area contributed by atoms with E-state index < -0.39 is 0 Å². The van der Waals surface area contributed by atoms with Gasteiger partial charge in [0.1, 0.15) is 11.9 Å². The van der Waals surface area contributed by atoms with Gasteiger partial charge in [-0.3, -0.25) is 4.98 Å². The van der Waals surface area contributed by atoms with E-state index in [1.807, 2.05) is 31.3 Å². The summed E-state index contributed by atoms with van der Waals surface area (Å²) in [7, 11) is 0. The highest BCUT2D eigenvalue weighted by molar-refractivity contribution is 5.39. The second-order valence-corrected chi connectivity index (χ2v) is 3.72. The van der Waals surface area contributed by atoms with Crippen molar-refractivity contribution in [2.75, 3.05) is 5.32 Å². The SMILES string of the molecule is Cc1ccc(CNc2ccc(C#N)cn2)nc1. The molecule has 0 fully saturated rings. The summed E-state index contributed by atoms with van der Waals surface area (Å²) >= 11 is 0. The summed E-state index contributed by atoms with van der Waals surface area (Å²) in [6.45, 7) is 2.63. The number of nitriles is 1. The van der Waals surface area contributed by atoms with Crippen LogP contribution in [-0.4, -0.2) is 9.97 Å². The molecule has 0 unspecified atom stereocenters. The fraction of sp³-hybridized carbons (Fsp3) is 0.154. The van der Waals surface area contributed by atoms with E-state index in [1.165, 1.54) is 0 Å². The lowest BCUT2D eigenvalue weighted by atomic mass is 10.2.